The molecule has 0 radical (unpaired) electrons. The van der Waals surface area contributed by atoms with Crippen LogP contribution in [0.3, 0.4) is 0 Å². The van der Waals surface area contributed by atoms with Gasteiger partial charge in [-0.15, -0.1) is 11.6 Å². The summed E-state index contributed by atoms with van der Waals surface area (Å²) < 4.78 is 0. The van der Waals surface area contributed by atoms with Crippen LogP contribution in [0.25, 0.3) is 10.9 Å². The van der Waals surface area contributed by atoms with Gasteiger partial charge in [0.1, 0.15) is 0 Å². The Morgan fingerprint density at radius 3 is 2.86 bits per heavy atom. The molecule has 0 saturated carbocycles. The average Bonchev–Trinajstić information content (AvgIpc) is 2.19. The third kappa shape index (κ3) is 1.51. The summed E-state index contributed by atoms with van der Waals surface area (Å²) in [5.41, 5.74) is 1.04. The van der Waals surface area contributed by atoms with Gasteiger partial charge in [-0.05, 0) is 12.1 Å². The SMILES string of the molecule is O=c1[nH]c2c(Cl)cccc2cc1CCl. The molecule has 0 fully saturated rings. The highest BCUT2D eigenvalue weighted by Gasteiger charge is 2.03. The lowest BCUT2D eigenvalue weighted by Gasteiger charge is -2.01. The summed E-state index contributed by atoms with van der Waals surface area (Å²) in [5, 5.41) is 1.44. The second-order valence-corrected chi connectivity index (χ2v) is 3.64. The predicted octanol–water partition coefficient (Wildman–Crippen LogP) is 2.92. The molecule has 0 atom stereocenters. The molecule has 2 nitrogen and oxygen atoms in total. The van der Waals surface area contributed by atoms with Gasteiger partial charge in [0.2, 0.25) is 0 Å². The van der Waals surface area contributed by atoms with Crippen molar-refractivity contribution >= 4 is 34.1 Å². The topological polar surface area (TPSA) is 32.9 Å². The predicted molar refractivity (Wildman–Crippen MR) is 59.1 cm³/mol. The number of hydrogen-bond acceptors (Lipinski definition) is 1. The van der Waals surface area contributed by atoms with Crippen molar-refractivity contribution in [3.8, 4) is 0 Å². The van der Waals surface area contributed by atoms with Crippen LogP contribution in [0.5, 0.6) is 0 Å². The molecule has 72 valence electrons. The van der Waals surface area contributed by atoms with Gasteiger partial charge in [0.25, 0.3) is 5.56 Å². The van der Waals surface area contributed by atoms with Crippen molar-refractivity contribution < 1.29 is 0 Å². The Hall–Kier alpha value is -0.990. The first-order valence-electron chi connectivity index (χ1n) is 4.09. The molecule has 0 spiro atoms. The first-order chi connectivity index (χ1) is 6.72. The smallest absolute Gasteiger partial charge is 0.252 e. The molecule has 1 aromatic carbocycles. The van der Waals surface area contributed by atoms with E-state index in [1.54, 1.807) is 12.1 Å². The van der Waals surface area contributed by atoms with Crippen molar-refractivity contribution in [1.82, 2.24) is 4.98 Å². The maximum Gasteiger partial charge on any atom is 0.252 e. The van der Waals surface area contributed by atoms with Crippen molar-refractivity contribution in [3.63, 3.8) is 0 Å². The molecule has 0 aliphatic carbocycles. The van der Waals surface area contributed by atoms with Crippen LogP contribution in [-0.4, -0.2) is 4.98 Å². The van der Waals surface area contributed by atoms with Crippen LogP contribution < -0.4 is 5.56 Å². The third-order valence-electron chi connectivity index (χ3n) is 2.05. The lowest BCUT2D eigenvalue weighted by molar-refractivity contribution is 1.21. The zero-order chi connectivity index (χ0) is 10.1. The summed E-state index contributed by atoms with van der Waals surface area (Å²) in [4.78, 5) is 14.1. The number of fused-ring (bicyclic) bond motifs is 1. The van der Waals surface area contributed by atoms with Gasteiger partial charge in [-0.3, -0.25) is 4.79 Å². The van der Waals surface area contributed by atoms with E-state index in [0.717, 1.165) is 5.39 Å². The van der Waals surface area contributed by atoms with Gasteiger partial charge in [0.05, 0.1) is 16.4 Å². The molecule has 1 aromatic heterocycles. The van der Waals surface area contributed by atoms with Crippen molar-refractivity contribution in [3.05, 3.63) is 45.2 Å². The number of pyridine rings is 1. The monoisotopic (exact) mass is 227 g/mol. The zero-order valence-electron chi connectivity index (χ0n) is 7.18. The number of rotatable bonds is 1. The van der Waals surface area contributed by atoms with Gasteiger partial charge in [0, 0.05) is 10.9 Å². The fourth-order valence-corrected chi connectivity index (χ4v) is 1.77. The summed E-state index contributed by atoms with van der Waals surface area (Å²) in [6, 6.07) is 7.21. The molecule has 0 amide bonds. The molecule has 0 aliphatic heterocycles. The van der Waals surface area contributed by atoms with Gasteiger partial charge >= 0.3 is 0 Å². The molecular weight excluding hydrogens is 221 g/mol. The van der Waals surface area contributed by atoms with Crippen LogP contribution in [0.4, 0.5) is 0 Å². The van der Waals surface area contributed by atoms with Crippen LogP contribution in [0.15, 0.2) is 29.1 Å². The number of halogens is 2. The number of para-hydroxylation sites is 1. The Morgan fingerprint density at radius 1 is 1.36 bits per heavy atom. The average molecular weight is 228 g/mol. The number of hydrogen-bond donors (Lipinski definition) is 1. The number of benzene rings is 1. The summed E-state index contributed by atoms with van der Waals surface area (Å²) in [6.45, 7) is 0. The Labute approximate surface area is 90.5 Å². The molecule has 2 aromatic rings. The number of H-pyrrole nitrogens is 1. The fraction of sp³-hybridized carbons (Fsp3) is 0.100. The molecule has 14 heavy (non-hydrogen) atoms. The highest BCUT2D eigenvalue weighted by Crippen LogP contribution is 2.20. The Bertz CT molecular complexity index is 533. The number of alkyl halides is 1. The molecule has 1 heterocycles. The van der Waals surface area contributed by atoms with Gasteiger partial charge in [-0.2, -0.15) is 0 Å². The maximum absolute atomic E-state index is 11.4. The van der Waals surface area contributed by atoms with E-state index in [0.29, 0.717) is 16.1 Å². The maximum atomic E-state index is 11.4. The second kappa shape index (κ2) is 3.64. The summed E-state index contributed by atoms with van der Waals surface area (Å²) >= 11 is 11.5. The molecule has 2 rings (SSSR count). The van der Waals surface area contributed by atoms with Crippen LogP contribution in [0.1, 0.15) is 5.56 Å². The van der Waals surface area contributed by atoms with Crippen LogP contribution in [-0.2, 0) is 5.88 Å². The lowest BCUT2D eigenvalue weighted by Crippen LogP contribution is -2.10. The number of aromatic nitrogens is 1. The van der Waals surface area contributed by atoms with E-state index >= 15 is 0 Å². The van der Waals surface area contributed by atoms with Gasteiger partial charge in [0.15, 0.2) is 0 Å². The second-order valence-electron chi connectivity index (χ2n) is 2.96. The minimum absolute atomic E-state index is 0.180. The van der Waals surface area contributed by atoms with E-state index in [4.69, 9.17) is 23.2 Å². The largest absolute Gasteiger partial charge is 0.320 e. The van der Waals surface area contributed by atoms with Crippen molar-refractivity contribution in [1.29, 1.82) is 0 Å². The Kier molecular flexibility index (Phi) is 2.48. The quantitative estimate of drug-likeness (QED) is 0.748. The molecule has 0 bridgehead atoms. The highest BCUT2D eigenvalue weighted by molar-refractivity contribution is 6.35. The molecule has 0 unspecified atom stereocenters. The first kappa shape index (κ1) is 9.56. The molecular formula is C10H7Cl2NO. The summed E-state index contributed by atoms with van der Waals surface area (Å²) in [6.07, 6.45) is 0. The Balaban J connectivity index is 2.86. The van der Waals surface area contributed by atoms with Crippen LogP contribution in [0.2, 0.25) is 5.02 Å². The van der Waals surface area contributed by atoms with Crippen molar-refractivity contribution in [2.45, 2.75) is 5.88 Å². The molecule has 0 saturated heterocycles. The normalized spacial score (nSPS) is 10.7. The van der Waals surface area contributed by atoms with Crippen LogP contribution >= 0.6 is 23.2 Å². The lowest BCUT2D eigenvalue weighted by atomic mass is 10.2. The molecule has 0 aliphatic rings. The van der Waals surface area contributed by atoms with E-state index in [2.05, 4.69) is 4.98 Å². The first-order valence-corrected chi connectivity index (χ1v) is 5.00. The summed E-state index contributed by atoms with van der Waals surface area (Å²) in [5.74, 6) is 0.206. The van der Waals surface area contributed by atoms with E-state index in [9.17, 15) is 4.79 Å². The number of nitrogens with one attached hydrogen (secondary N) is 1. The van der Waals surface area contributed by atoms with E-state index in [-0.39, 0.29) is 11.4 Å². The number of aromatic amines is 1. The molecule has 4 heteroatoms. The summed E-state index contributed by atoms with van der Waals surface area (Å²) in [7, 11) is 0. The molecule has 1 N–H and O–H groups in total. The standard InChI is InChI=1S/C10H7Cl2NO/c11-5-7-4-6-2-1-3-8(12)9(6)13-10(7)14/h1-4H,5H2,(H,13,14). The minimum Gasteiger partial charge on any atom is -0.320 e. The van der Waals surface area contributed by atoms with Gasteiger partial charge < -0.3 is 4.98 Å². The third-order valence-corrected chi connectivity index (χ3v) is 2.65. The van der Waals surface area contributed by atoms with Gasteiger partial charge in [-0.25, -0.2) is 0 Å². The minimum atomic E-state index is -0.180. The highest BCUT2D eigenvalue weighted by atomic mass is 35.5. The van der Waals surface area contributed by atoms with E-state index < -0.39 is 0 Å². The zero-order valence-corrected chi connectivity index (χ0v) is 8.69. The van der Waals surface area contributed by atoms with Crippen molar-refractivity contribution in [2.75, 3.05) is 0 Å². The fourth-order valence-electron chi connectivity index (χ4n) is 1.34. The Morgan fingerprint density at radius 2 is 2.14 bits per heavy atom. The van der Waals surface area contributed by atoms with E-state index in [1.807, 2.05) is 12.1 Å². The van der Waals surface area contributed by atoms with Gasteiger partial charge in [-0.1, -0.05) is 23.7 Å². The van der Waals surface area contributed by atoms with E-state index in [1.165, 1.54) is 0 Å². The van der Waals surface area contributed by atoms with Crippen LogP contribution in [0, 0.1) is 0 Å². The van der Waals surface area contributed by atoms with Crippen molar-refractivity contribution in [2.24, 2.45) is 0 Å².